The number of aromatic nitrogens is 3. The average molecular weight is 270 g/mol. The summed E-state index contributed by atoms with van der Waals surface area (Å²) in [7, 11) is 0. The number of hydrogen-bond acceptors (Lipinski definition) is 4. The van der Waals surface area contributed by atoms with E-state index in [4.69, 9.17) is 0 Å². The third-order valence-corrected chi connectivity index (χ3v) is 2.93. The molecule has 2 rings (SSSR count). The number of anilines is 1. The van der Waals surface area contributed by atoms with Gasteiger partial charge in [-0.1, -0.05) is 0 Å². The molecule has 0 aliphatic carbocycles. The zero-order valence-corrected chi connectivity index (χ0v) is 9.80. The number of amides is 1. The Morgan fingerprint density at radius 1 is 1.39 bits per heavy atom. The van der Waals surface area contributed by atoms with E-state index in [1.807, 2.05) is 0 Å². The molecule has 2 aromatic rings. The van der Waals surface area contributed by atoms with Crippen LogP contribution in [0, 0.1) is 11.6 Å². The first-order valence-corrected chi connectivity index (χ1v) is 5.87. The van der Waals surface area contributed by atoms with E-state index in [-0.39, 0.29) is 17.6 Å². The van der Waals surface area contributed by atoms with Crippen LogP contribution in [0.3, 0.4) is 0 Å². The number of aromatic amines is 1. The van der Waals surface area contributed by atoms with Crippen molar-refractivity contribution < 1.29 is 13.6 Å². The van der Waals surface area contributed by atoms with Crippen LogP contribution in [0.25, 0.3) is 0 Å². The number of thioether (sulfide) groups is 1. The number of halogens is 2. The Morgan fingerprint density at radius 3 is 2.89 bits per heavy atom. The van der Waals surface area contributed by atoms with Crippen molar-refractivity contribution in [3.63, 3.8) is 0 Å². The molecule has 1 aromatic carbocycles. The molecule has 0 unspecified atom stereocenters. The molecule has 1 heterocycles. The molecule has 1 aromatic heterocycles. The van der Waals surface area contributed by atoms with Crippen molar-refractivity contribution in [2.24, 2.45) is 0 Å². The normalized spacial score (nSPS) is 10.3. The van der Waals surface area contributed by atoms with Gasteiger partial charge < -0.3 is 0 Å². The topological polar surface area (TPSA) is 70.7 Å². The van der Waals surface area contributed by atoms with E-state index in [0.29, 0.717) is 4.90 Å². The van der Waals surface area contributed by atoms with Crippen LogP contribution in [-0.2, 0) is 4.79 Å². The summed E-state index contributed by atoms with van der Waals surface area (Å²) in [6.45, 7) is 0. The number of nitrogens with zero attached hydrogens (tertiary/aromatic N) is 2. The number of H-pyrrole nitrogens is 1. The van der Waals surface area contributed by atoms with Gasteiger partial charge in [0.15, 0.2) is 11.6 Å². The molecular formula is C10H8F2N4OS. The monoisotopic (exact) mass is 270 g/mol. The lowest BCUT2D eigenvalue weighted by atomic mass is 10.3. The van der Waals surface area contributed by atoms with Crippen molar-refractivity contribution in [2.45, 2.75) is 4.90 Å². The van der Waals surface area contributed by atoms with Crippen LogP contribution in [0.2, 0.25) is 0 Å². The minimum Gasteiger partial charge on any atom is -0.294 e. The lowest BCUT2D eigenvalue weighted by Gasteiger charge is -2.02. The van der Waals surface area contributed by atoms with Crippen LogP contribution in [-0.4, -0.2) is 26.8 Å². The van der Waals surface area contributed by atoms with Gasteiger partial charge in [0, 0.05) is 4.90 Å². The van der Waals surface area contributed by atoms with Crippen molar-refractivity contribution in [2.75, 3.05) is 11.1 Å². The quantitative estimate of drug-likeness (QED) is 0.831. The Kier molecular flexibility index (Phi) is 3.88. The first-order chi connectivity index (χ1) is 8.65. The van der Waals surface area contributed by atoms with Gasteiger partial charge in [-0.2, -0.15) is 10.1 Å². The predicted octanol–water partition coefficient (Wildman–Crippen LogP) is 1.81. The number of carbonyl (C=O) groups is 1. The SMILES string of the molecule is O=C(CSc1ccc(F)c(F)c1)Nc1ncn[nH]1. The smallest absolute Gasteiger partial charge is 0.237 e. The molecule has 0 atom stereocenters. The third kappa shape index (κ3) is 3.27. The number of carbonyl (C=O) groups excluding carboxylic acids is 1. The molecule has 0 saturated heterocycles. The van der Waals surface area contributed by atoms with E-state index in [1.54, 1.807) is 0 Å². The maximum absolute atomic E-state index is 12.9. The average Bonchev–Trinajstić information content (AvgIpc) is 2.83. The Hall–Kier alpha value is -1.96. The van der Waals surface area contributed by atoms with Crippen molar-refractivity contribution in [1.29, 1.82) is 0 Å². The van der Waals surface area contributed by atoms with Crippen LogP contribution in [0.4, 0.5) is 14.7 Å². The predicted molar refractivity (Wildman–Crippen MR) is 62.1 cm³/mol. The molecule has 5 nitrogen and oxygen atoms in total. The Balaban J connectivity index is 1.87. The van der Waals surface area contributed by atoms with Gasteiger partial charge in [0.25, 0.3) is 0 Å². The van der Waals surface area contributed by atoms with Gasteiger partial charge in [-0.25, -0.2) is 13.9 Å². The van der Waals surface area contributed by atoms with E-state index >= 15 is 0 Å². The highest BCUT2D eigenvalue weighted by Crippen LogP contribution is 2.20. The minimum absolute atomic E-state index is 0.0613. The molecule has 0 radical (unpaired) electrons. The number of nitrogens with one attached hydrogen (secondary N) is 2. The molecule has 8 heteroatoms. The van der Waals surface area contributed by atoms with Gasteiger partial charge in [0.1, 0.15) is 6.33 Å². The molecule has 18 heavy (non-hydrogen) atoms. The molecule has 2 N–H and O–H groups in total. The van der Waals surface area contributed by atoms with Crippen LogP contribution in [0.1, 0.15) is 0 Å². The molecule has 0 saturated carbocycles. The molecule has 94 valence electrons. The number of hydrogen-bond donors (Lipinski definition) is 2. The van der Waals surface area contributed by atoms with Crippen LogP contribution in [0.15, 0.2) is 29.4 Å². The summed E-state index contributed by atoms with van der Waals surface area (Å²) in [5.41, 5.74) is 0. The van der Waals surface area contributed by atoms with E-state index in [0.717, 1.165) is 23.9 Å². The van der Waals surface area contributed by atoms with E-state index in [2.05, 4.69) is 20.5 Å². The first-order valence-electron chi connectivity index (χ1n) is 4.88. The van der Waals surface area contributed by atoms with Gasteiger partial charge in [0.2, 0.25) is 11.9 Å². The fourth-order valence-electron chi connectivity index (χ4n) is 1.15. The molecular weight excluding hydrogens is 262 g/mol. The third-order valence-electron chi connectivity index (χ3n) is 1.93. The molecule has 0 spiro atoms. The molecule has 0 bridgehead atoms. The Bertz CT molecular complexity index is 547. The molecule has 0 aliphatic heterocycles. The van der Waals surface area contributed by atoms with Crippen LogP contribution >= 0.6 is 11.8 Å². The van der Waals surface area contributed by atoms with Crippen molar-refractivity contribution in [3.05, 3.63) is 36.2 Å². The second-order valence-corrected chi connectivity index (χ2v) is 4.30. The highest BCUT2D eigenvalue weighted by molar-refractivity contribution is 8.00. The lowest BCUT2D eigenvalue weighted by molar-refractivity contribution is -0.113. The van der Waals surface area contributed by atoms with Gasteiger partial charge in [0.05, 0.1) is 5.75 Å². The highest BCUT2D eigenvalue weighted by atomic mass is 32.2. The summed E-state index contributed by atoms with van der Waals surface area (Å²) in [5.74, 6) is -1.86. The van der Waals surface area contributed by atoms with Crippen molar-refractivity contribution >= 4 is 23.6 Å². The van der Waals surface area contributed by atoms with Gasteiger partial charge in [-0.3, -0.25) is 10.1 Å². The standard InChI is InChI=1S/C10H8F2N4OS/c11-7-2-1-6(3-8(7)12)18-4-9(17)15-10-13-5-14-16-10/h1-3,5H,4H2,(H2,13,14,15,16,17). The zero-order chi connectivity index (χ0) is 13.0. The fraction of sp³-hybridized carbons (Fsp3) is 0.100. The second kappa shape index (κ2) is 5.58. The van der Waals surface area contributed by atoms with Crippen molar-refractivity contribution in [3.8, 4) is 0 Å². The summed E-state index contributed by atoms with van der Waals surface area (Å²) in [6, 6.07) is 3.47. The summed E-state index contributed by atoms with van der Waals surface area (Å²) in [4.78, 5) is 15.6. The van der Waals surface area contributed by atoms with Crippen LogP contribution in [0.5, 0.6) is 0 Å². The zero-order valence-electron chi connectivity index (χ0n) is 8.98. The largest absolute Gasteiger partial charge is 0.294 e. The maximum Gasteiger partial charge on any atom is 0.237 e. The number of benzene rings is 1. The summed E-state index contributed by atoms with van der Waals surface area (Å²) >= 11 is 1.09. The van der Waals surface area contributed by atoms with Crippen molar-refractivity contribution in [1.82, 2.24) is 15.2 Å². The van der Waals surface area contributed by atoms with E-state index < -0.39 is 11.6 Å². The minimum atomic E-state index is -0.935. The molecule has 1 amide bonds. The fourth-order valence-corrected chi connectivity index (χ4v) is 1.87. The number of rotatable bonds is 4. The van der Waals surface area contributed by atoms with Gasteiger partial charge >= 0.3 is 0 Å². The summed E-state index contributed by atoms with van der Waals surface area (Å²) in [5, 5.41) is 8.50. The van der Waals surface area contributed by atoms with Crippen LogP contribution < -0.4 is 5.32 Å². The summed E-state index contributed by atoms with van der Waals surface area (Å²) in [6.07, 6.45) is 1.26. The second-order valence-electron chi connectivity index (χ2n) is 3.25. The highest BCUT2D eigenvalue weighted by Gasteiger charge is 2.07. The maximum atomic E-state index is 12.9. The Labute approximate surface area is 105 Å². The molecule has 0 aliphatic rings. The lowest BCUT2D eigenvalue weighted by Crippen LogP contribution is -2.15. The summed E-state index contributed by atoms with van der Waals surface area (Å²) < 4.78 is 25.6. The van der Waals surface area contributed by atoms with Gasteiger partial charge in [-0.15, -0.1) is 11.8 Å². The van der Waals surface area contributed by atoms with E-state index in [9.17, 15) is 13.6 Å². The first kappa shape index (κ1) is 12.5. The Morgan fingerprint density at radius 2 is 2.22 bits per heavy atom. The molecule has 0 fully saturated rings. The van der Waals surface area contributed by atoms with Gasteiger partial charge in [-0.05, 0) is 18.2 Å². The van der Waals surface area contributed by atoms with E-state index in [1.165, 1.54) is 12.4 Å².